The van der Waals surface area contributed by atoms with Gasteiger partial charge in [0.25, 0.3) is 0 Å². The predicted molar refractivity (Wildman–Crippen MR) is 96.7 cm³/mol. The minimum atomic E-state index is -0.245. The summed E-state index contributed by atoms with van der Waals surface area (Å²) >= 11 is 4.19. The van der Waals surface area contributed by atoms with Crippen molar-refractivity contribution in [2.45, 2.75) is 58.9 Å². The molecule has 0 aliphatic carbocycles. The SMILES string of the molecule is CC(=O)NC1CCCOC1S.CCN(CC)CC.COC(C)=O. The lowest BCUT2D eigenvalue weighted by atomic mass is 10.1. The van der Waals surface area contributed by atoms with E-state index in [-0.39, 0.29) is 23.4 Å². The molecule has 1 aliphatic heterocycles. The van der Waals surface area contributed by atoms with Crippen LogP contribution >= 0.6 is 12.6 Å². The third-order valence-electron chi connectivity index (χ3n) is 3.31. The number of nitrogens with zero attached hydrogens (tertiary/aromatic N) is 1. The Morgan fingerprint density at radius 1 is 1.22 bits per heavy atom. The molecule has 1 amide bonds. The monoisotopic (exact) mass is 350 g/mol. The van der Waals surface area contributed by atoms with Gasteiger partial charge in [-0.25, -0.2) is 0 Å². The number of hydrogen-bond acceptors (Lipinski definition) is 6. The van der Waals surface area contributed by atoms with E-state index in [1.807, 2.05) is 0 Å². The zero-order valence-corrected chi connectivity index (χ0v) is 16.3. The lowest BCUT2D eigenvalue weighted by Crippen LogP contribution is -2.43. The first-order valence-electron chi connectivity index (χ1n) is 8.15. The molecule has 0 bridgehead atoms. The van der Waals surface area contributed by atoms with Gasteiger partial charge in [0.15, 0.2) is 0 Å². The normalized spacial score (nSPS) is 19.7. The Labute approximate surface area is 146 Å². The second-order valence-corrected chi connectivity index (χ2v) is 5.53. The zero-order chi connectivity index (χ0) is 18.3. The van der Waals surface area contributed by atoms with E-state index in [1.54, 1.807) is 0 Å². The first-order chi connectivity index (χ1) is 10.8. The number of thiol groups is 1. The summed E-state index contributed by atoms with van der Waals surface area (Å²) in [4.78, 5) is 22.6. The summed E-state index contributed by atoms with van der Waals surface area (Å²) in [5, 5.41) is 2.79. The number of nitrogens with one attached hydrogen (secondary N) is 1. The van der Waals surface area contributed by atoms with Gasteiger partial charge in [0.05, 0.1) is 13.2 Å². The van der Waals surface area contributed by atoms with E-state index in [9.17, 15) is 9.59 Å². The number of carbonyl (C=O) groups excluding carboxylic acids is 2. The molecule has 0 spiro atoms. The molecule has 2 atom stereocenters. The summed E-state index contributed by atoms with van der Waals surface area (Å²) in [6.45, 7) is 13.7. The molecule has 6 nitrogen and oxygen atoms in total. The molecule has 1 saturated heterocycles. The Kier molecular flexibility index (Phi) is 17.1. The van der Waals surface area contributed by atoms with Crippen LogP contribution in [0.2, 0.25) is 0 Å². The van der Waals surface area contributed by atoms with Crippen molar-refractivity contribution in [3.63, 3.8) is 0 Å². The molecular weight excluding hydrogens is 316 g/mol. The van der Waals surface area contributed by atoms with E-state index >= 15 is 0 Å². The molecule has 0 aromatic carbocycles. The molecule has 1 heterocycles. The van der Waals surface area contributed by atoms with Crippen LogP contribution in [-0.2, 0) is 19.1 Å². The Balaban J connectivity index is 0. The van der Waals surface area contributed by atoms with Gasteiger partial charge in [0.2, 0.25) is 5.91 Å². The van der Waals surface area contributed by atoms with Crippen LogP contribution in [0.5, 0.6) is 0 Å². The molecule has 23 heavy (non-hydrogen) atoms. The zero-order valence-electron chi connectivity index (χ0n) is 15.4. The number of esters is 1. The van der Waals surface area contributed by atoms with Gasteiger partial charge in [-0.05, 0) is 32.5 Å². The second-order valence-electron chi connectivity index (χ2n) is 5.03. The van der Waals surface area contributed by atoms with E-state index in [0.717, 1.165) is 19.4 Å². The Bertz CT molecular complexity index is 307. The van der Waals surface area contributed by atoms with Crippen molar-refractivity contribution >= 4 is 24.5 Å². The van der Waals surface area contributed by atoms with Gasteiger partial charge >= 0.3 is 5.97 Å². The molecule has 138 valence electrons. The molecule has 0 aromatic heterocycles. The quantitative estimate of drug-likeness (QED) is 0.600. The highest BCUT2D eigenvalue weighted by molar-refractivity contribution is 7.80. The Morgan fingerprint density at radius 2 is 1.70 bits per heavy atom. The number of amides is 1. The summed E-state index contributed by atoms with van der Waals surface area (Å²) < 4.78 is 9.35. The Hall–Kier alpha value is -0.790. The number of methoxy groups -OCH3 is 1. The van der Waals surface area contributed by atoms with E-state index < -0.39 is 0 Å². The van der Waals surface area contributed by atoms with Gasteiger partial charge in [0.1, 0.15) is 5.44 Å². The fourth-order valence-corrected chi connectivity index (χ4v) is 2.17. The maximum absolute atomic E-state index is 10.7. The third kappa shape index (κ3) is 15.9. The van der Waals surface area contributed by atoms with Gasteiger partial charge in [-0.1, -0.05) is 20.8 Å². The minimum Gasteiger partial charge on any atom is -0.469 e. The molecule has 0 aromatic rings. The molecule has 2 unspecified atom stereocenters. The van der Waals surface area contributed by atoms with Crippen LogP contribution in [0.4, 0.5) is 0 Å². The van der Waals surface area contributed by atoms with Gasteiger partial charge in [-0.15, -0.1) is 12.6 Å². The van der Waals surface area contributed by atoms with Crippen molar-refractivity contribution in [3.8, 4) is 0 Å². The maximum atomic E-state index is 10.7. The fraction of sp³-hybridized carbons (Fsp3) is 0.875. The number of carbonyl (C=O) groups is 2. The number of hydrogen-bond donors (Lipinski definition) is 2. The lowest BCUT2D eigenvalue weighted by Gasteiger charge is -2.28. The first kappa shape index (κ1) is 24.5. The van der Waals surface area contributed by atoms with E-state index in [1.165, 1.54) is 40.6 Å². The van der Waals surface area contributed by atoms with Crippen LogP contribution in [0.25, 0.3) is 0 Å². The average molecular weight is 351 g/mol. The average Bonchev–Trinajstić information content (AvgIpc) is 2.52. The van der Waals surface area contributed by atoms with Crippen LogP contribution in [0.15, 0.2) is 0 Å². The highest BCUT2D eigenvalue weighted by Gasteiger charge is 2.22. The summed E-state index contributed by atoms with van der Waals surface area (Å²) in [6, 6.07) is 0.0876. The van der Waals surface area contributed by atoms with Crippen LogP contribution < -0.4 is 5.32 Å². The molecule has 1 N–H and O–H groups in total. The highest BCUT2D eigenvalue weighted by Crippen LogP contribution is 2.16. The van der Waals surface area contributed by atoms with Crippen molar-refractivity contribution in [3.05, 3.63) is 0 Å². The lowest BCUT2D eigenvalue weighted by molar-refractivity contribution is -0.138. The second kappa shape index (κ2) is 16.1. The van der Waals surface area contributed by atoms with Gasteiger partial charge in [0, 0.05) is 20.5 Å². The van der Waals surface area contributed by atoms with Crippen LogP contribution in [0, 0.1) is 0 Å². The van der Waals surface area contributed by atoms with E-state index in [2.05, 4.69) is 48.4 Å². The topological polar surface area (TPSA) is 67.9 Å². The molecular formula is C16H34N2O4S. The summed E-state index contributed by atoms with van der Waals surface area (Å²) in [6.07, 6.45) is 1.97. The maximum Gasteiger partial charge on any atom is 0.302 e. The van der Waals surface area contributed by atoms with Crippen molar-refractivity contribution in [1.29, 1.82) is 0 Å². The van der Waals surface area contributed by atoms with Gasteiger partial charge in [-0.3, -0.25) is 9.59 Å². The smallest absolute Gasteiger partial charge is 0.302 e. The van der Waals surface area contributed by atoms with Crippen molar-refractivity contribution in [2.75, 3.05) is 33.4 Å². The highest BCUT2D eigenvalue weighted by atomic mass is 32.1. The van der Waals surface area contributed by atoms with E-state index in [0.29, 0.717) is 0 Å². The van der Waals surface area contributed by atoms with E-state index in [4.69, 9.17) is 4.74 Å². The Morgan fingerprint density at radius 3 is 1.96 bits per heavy atom. The van der Waals surface area contributed by atoms with Crippen LogP contribution in [0.3, 0.4) is 0 Å². The summed E-state index contributed by atoms with van der Waals surface area (Å²) in [5.41, 5.74) is -0.132. The van der Waals surface area contributed by atoms with Crippen molar-refractivity contribution < 1.29 is 19.1 Å². The number of rotatable bonds is 4. The molecule has 7 heteroatoms. The van der Waals surface area contributed by atoms with Gasteiger partial charge < -0.3 is 19.7 Å². The summed E-state index contributed by atoms with van der Waals surface area (Å²) in [5.74, 6) is -0.260. The molecule has 1 rings (SSSR count). The standard InChI is InChI=1S/C7H13NO2S.C6H15N.C3H6O2/c1-5(9)8-6-3-2-4-10-7(6)11;1-4-7(5-2)6-3;1-3(4)5-2/h6-7,11H,2-4H2,1H3,(H,8,9);4-6H2,1-3H3;1-2H3. The third-order valence-corrected chi connectivity index (χ3v) is 3.82. The number of ether oxygens (including phenoxy) is 2. The summed E-state index contributed by atoms with van der Waals surface area (Å²) in [7, 11) is 1.35. The molecule has 0 radical (unpaired) electrons. The largest absolute Gasteiger partial charge is 0.469 e. The van der Waals surface area contributed by atoms with Crippen LogP contribution in [-0.4, -0.2) is 61.6 Å². The molecule has 0 saturated carbocycles. The van der Waals surface area contributed by atoms with Crippen molar-refractivity contribution in [2.24, 2.45) is 0 Å². The molecule has 1 aliphatic rings. The van der Waals surface area contributed by atoms with Crippen LogP contribution in [0.1, 0.15) is 47.5 Å². The fourth-order valence-electron chi connectivity index (χ4n) is 1.84. The first-order valence-corrected chi connectivity index (χ1v) is 8.67. The minimum absolute atomic E-state index is 0.0143. The predicted octanol–water partition coefficient (Wildman–Crippen LogP) is 2.08. The van der Waals surface area contributed by atoms with Crippen molar-refractivity contribution in [1.82, 2.24) is 10.2 Å². The molecule has 1 fully saturated rings. The van der Waals surface area contributed by atoms with Gasteiger partial charge in [-0.2, -0.15) is 0 Å².